The fourth-order valence-electron chi connectivity index (χ4n) is 3.53. The highest BCUT2D eigenvalue weighted by molar-refractivity contribution is 8.00. The number of fused-ring (bicyclic) bond motifs is 1. The molecule has 4 rings (SSSR count). The summed E-state index contributed by atoms with van der Waals surface area (Å²) in [5.74, 6) is 0.318. The van der Waals surface area contributed by atoms with E-state index in [2.05, 4.69) is 27.9 Å². The molecule has 6 nitrogen and oxygen atoms in total. The van der Waals surface area contributed by atoms with E-state index in [0.29, 0.717) is 11.6 Å². The maximum atomic E-state index is 13.2. The van der Waals surface area contributed by atoms with Gasteiger partial charge in [0.1, 0.15) is 5.25 Å². The quantitative estimate of drug-likeness (QED) is 0.570. The van der Waals surface area contributed by atoms with Gasteiger partial charge in [-0.25, -0.2) is 4.68 Å². The Morgan fingerprint density at radius 2 is 1.88 bits per heavy atom. The first-order valence-electron chi connectivity index (χ1n) is 10.2. The molecule has 1 aliphatic heterocycles. The van der Waals surface area contributed by atoms with Crippen molar-refractivity contribution in [3.05, 3.63) is 71.0 Å². The van der Waals surface area contributed by atoms with E-state index >= 15 is 0 Å². The highest BCUT2D eigenvalue weighted by atomic mass is 32.2. The second kappa shape index (κ2) is 8.85. The molecule has 0 saturated carbocycles. The number of nitrogens with zero attached hydrogens (tertiary/aromatic N) is 3. The minimum atomic E-state index is -4.49. The SMILES string of the molecule is CCc1ccc([C@@H]2Nn3c(CC)nnc3S[C@H]2C(=O)Nc2cccc(C(F)(F)F)c2)cc1. The molecule has 0 saturated heterocycles. The Hall–Kier alpha value is -3.01. The van der Waals surface area contributed by atoms with Crippen LogP contribution in [0.1, 0.15) is 42.4 Å². The number of nitrogens with one attached hydrogen (secondary N) is 2. The van der Waals surface area contributed by atoms with Crippen molar-refractivity contribution in [2.75, 3.05) is 10.7 Å². The number of rotatable bonds is 5. The van der Waals surface area contributed by atoms with E-state index in [0.717, 1.165) is 29.9 Å². The largest absolute Gasteiger partial charge is 0.416 e. The van der Waals surface area contributed by atoms with Gasteiger partial charge in [-0.3, -0.25) is 4.79 Å². The van der Waals surface area contributed by atoms with Crippen molar-refractivity contribution < 1.29 is 18.0 Å². The first-order chi connectivity index (χ1) is 15.3. The van der Waals surface area contributed by atoms with Gasteiger partial charge in [0.05, 0.1) is 11.6 Å². The topological polar surface area (TPSA) is 71.8 Å². The van der Waals surface area contributed by atoms with Gasteiger partial charge < -0.3 is 10.7 Å². The van der Waals surface area contributed by atoms with Crippen molar-refractivity contribution in [2.45, 2.75) is 49.3 Å². The fraction of sp³-hybridized carbons (Fsp3) is 0.318. The molecule has 2 heterocycles. The number of alkyl halides is 3. The van der Waals surface area contributed by atoms with Crippen molar-refractivity contribution in [3.63, 3.8) is 0 Å². The van der Waals surface area contributed by atoms with E-state index in [1.165, 1.54) is 29.5 Å². The van der Waals surface area contributed by atoms with Gasteiger partial charge in [0.25, 0.3) is 0 Å². The number of aryl methyl sites for hydroxylation is 2. The number of thioether (sulfide) groups is 1. The molecule has 2 atom stereocenters. The minimum Gasteiger partial charge on any atom is -0.325 e. The maximum absolute atomic E-state index is 13.2. The monoisotopic (exact) mass is 461 g/mol. The molecule has 3 aromatic rings. The van der Waals surface area contributed by atoms with Crippen LogP contribution in [0.25, 0.3) is 0 Å². The second-order valence-corrected chi connectivity index (χ2v) is 8.50. The number of hydrogen-bond acceptors (Lipinski definition) is 5. The van der Waals surface area contributed by atoms with Gasteiger partial charge in [-0.15, -0.1) is 10.2 Å². The summed E-state index contributed by atoms with van der Waals surface area (Å²) in [7, 11) is 0. The molecule has 1 amide bonds. The number of halogens is 3. The number of hydrogen-bond donors (Lipinski definition) is 2. The number of carbonyl (C=O) groups excluding carboxylic acids is 1. The van der Waals surface area contributed by atoms with Gasteiger partial charge >= 0.3 is 6.18 Å². The Bertz CT molecular complexity index is 1110. The van der Waals surface area contributed by atoms with Crippen molar-refractivity contribution in [3.8, 4) is 0 Å². The lowest BCUT2D eigenvalue weighted by atomic mass is 10.0. The summed E-state index contributed by atoms with van der Waals surface area (Å²) >= 11 is 1.24. The second-order valence-electron chi connectivity index (χ2n) is 7.40. The normalized spacial score (nSPS) is 18.0. The summed E-state index contributed by atoms with van der Waals surface area (Å²) in [6.45, 7) is 4.02. The molecular formula is C22H22F3N5OS. The zero-order valence-electron chi connectivity index (χ0n) is 17.5. The first-order valence-corrected chi connectivity index (χ1v) is 11.1. The van der Waals surface area contributed by atoms with Gasteiger partial charge in [0, 0.05) is 12.1 Å². The average molecular weight is 462 g/mol. The van der Waals surface area contributed by atoms with Crippen LogP contribution >= 0.6 is 11.8 Å². The van der Waals surface area contributed by atoms with Crippen LogP contribution in [0.3, 0.4) is 0 Å². The van der Waals surface area contributed by atoms with Crippen LogP contribution in [-0.2, 0) is 23.8 Å². The van der Waals surface area contributed by atoms with Gasteiger partial charge in [-0.05, 0) is 35.7 Å². The molecule has 2 N–H and O–H groups in total. The molecule has 0 aliphatic carbocycles. The summed E-state index contributed by atoms with van der Waals surface area (Å²) in [6.07, 6.45) is -2.94. The van der Waals surface area contributed by atoms with Gasteiger partial charge in [0.15, 0.2) is 5.82 Å². The Morgan fingerprint density at radius 1 is 1.12 bits per heavy atom. The highest BCUT2D eigenvalue weighted by Gasteiger charge is 2.38. The Balaban J connectivity index is 1.65. The van der Waals surface area contributed by atoms with E-state index in [-0.39, 0.29) is 5.69 Å². The van der Waals surface area contributed by atoms with Crippen LogP contribution in [0, 0.1) is 0 Å². The molecular weight excluding hydrogens is 439 g/mol. The van der Waals surface area contributed by atoms with Crippen molar-refractivity contribution in [1.29, 1.82) is 0 Å². The number of carbonyl (C=O) groups is 1. The first kappa shape index (κ1) is 22.2. The van der Waals surface area contributed by atoms with Crippen LogP contribution in [0.2, 0.25) is 0 Å². The number of amides is 1. The molecule has 1 aromatic heterocycles. The van der Waals surface area contributed by atoms with Gasteiger partial charge in [-0.1, -0.05) is 55.9 Å². The van der Waals surface area contributed by atoms with Crippen LogP contribution in [0.5, 0.6) is 0 Å². The number of anilines is 1. The van der Waals surface area contributed by atoms with E-state index in [1.807, 2.05) is 31.2 Å². The molecule has 0 spiro atoms. The fourth-order valence-corrected chi connectivity index (χ4v) is 4.62. The molecule has 1 aliphatic rings. The van der Waals surface area contributed by atoms with Gasteiger partial charge in [0.2, 0.25) is 11.1 Å². The molecule has 0 unspecified atom stereocenters. The maximum Gasteiger partial charge on any atom is 0.416 e. The van der Waals surface area contributed by atoms with E-state index in [4.69, 9.17) is 0 Å². The van der Waals surface area contributed by atoms with Crippen LogP contribution in [-0.4, -0.2) is 26.0 Å². The lowest BCUT2D eigenvalue weighted by molar-refractivity contribution is -0.137. The predicted octanol–water partition coefficient (Wildman–Crippen LogP) is 4.82. The molecule has 0 bridgehead atoms. The summed E-state index contributed by atoms with van der Waals surface area (Å²) in [5.41, 5.74) is 4.66. The van der Waals surface area contributed by atoms with E-state index < -0.39 is 28.9 Å². The Kier molecular flexibility index (Phi) is 6.14. The van der Waals surface area contributed by atoms with E-state index in [1.54, 1.807) is 4.68 Å². The lowest BCUT2D eigenvalue weighted by Crippen LogP contribution is -2.41. The summed E-state index contributed by atoms with van der Waals surface area (Å²) in [4.78, 5) is 13.2. The minimum absolute atomic E-state index is 0.0896. The summed E-state index contributed by atoms with van der Waals surface area (Å²) in [5, 5.41) is 10.8. The Morgan fingerprint density at radius 3 is 2.53 bits per heavy atom. The summed E-state index contributed by atoms with van der Waals surface area (Å²) < 4.78 is 41.0. The predicted molar refractivity (Wildman–Crippen MR) is 117 cm³/mol. The molecule has 0 fully saturated rings. The lowest BCUT2D eigenvalue weighted by Gasteiger charge is -2.33. The highest BCUT2D eigenvalue weighted by Crippen LogP contribution is 2.38. The molecule has 0 radical (unpaired) electrons. The van der Waals surface area contributed by atoms with Crippen molar-refractivity contribution in [2.24, 2.45) is 0 Å². The number of benzene rings is 2. The smallest absolute Gasteiger partial charge is 0.325 e. The van der Waals surface area contributed by atoms with Gasteiger partial charge in [-0.2, -0.15) is 13.2 Å². The van der Waals surface area contributed by atoms with Crippen LogP contribution < -0.4 is 10.7 Å². The van der Waals surface area contributed by atoms with Crippen molar-refractivity contribution in [1.82, 2.24) is 14.9 Å². The number of aromatic nitrogens is 3. The zero-order valence-corrected chi connectivity index (χ0v) is 18.3. The zero-order chi connectivity index (χ0) is 22.9. The van der Waals surface area contributed by atoms with E-state index in [9.17, 15) is 18.0 Å². The third-order valence-corrected chi connectivity index (χ3v) is 6.50. The summed E-state index contributed by atoms with van der Waals surface area (Å²) in [6, 6.07) is 12.1. The standard InChI is InChI=1S/C22H22F3N5OS/c1-3-13-8-10-14(11-9-13)18-19(32-21-28-27-17(4-2)30(21)29-18)20(31)26-16-7-5-6-15(12-16)22(23,24)25/h5-12,18-19,29H,3-4H2,1-2H3,(H,26,31)/t18-,19+/m0/s1. The average Bonchev–Trinajstić information content (AvgIpc) is 3.20. The third kappa shape index (κ3) is 4.45. The molecule has 2 aromatic carbocycles. The molecule has 168 valence electrons. The molecule has 10 heteroatoms. The molecule has 32 heavy (non-hydrogen) atoms. The van der Waals surface area contributed by atoms with Crippen molar-refractivity contribution >= 4 is 23.4 Å². The third-order valence-electron chi connectivity index (χ3n) is 5.28. The Labute approximate surface area is 187 Å². The van der Waals surface area contributed by atoms with Crippen LogP contribution in [0.15, 0.2) is 53.7 Å². The van der Waals surface area contributed by atoms with Crippen LogP contribution in [0.4, 0.5) is 18.9 Å².